The SMILES string of the molecule is O=C(Nc1nncs1)N1CCCc2occc2C1. The number of aryl methyl sites for hydroxylation is 1. The van der Waals surface area contributed by atoms with E-state index in [0.717, 1.165) is 30.7 Å². The van der Waals surface area contributed by atoms with E-state index in [-0.39, 0.29) is 6.03 Å². The zero-order valence-electron chi connectivity index (χ0n) is 9.63. The fourth-order valence-corrected chi connectivity index (χ4v) is 2.45. The Morgan fingerprint density at radius 3 is 3.33 bits per heavy atom. The number of nitrogens with zero attached hydrogens (tertiary/aromatic N) is 3. The summed E-state index contributed by atoms with van der Waals surface area (Å²) in [5, 5.41) is 10.8. The molecular weight excluding hydrogens is 252 g/mol. The highest BCUT2D eigenvalue weighted by Gasteiger charge is 2.21. The summed E-state index contributed by atoms with van der Waals surface area (Å²) < 4.78 is 5.39. The Morgan fingerprint density at radius 2 is 2.50 bits per heavy atom. The van der Waals surface area contributed by atoms with Crippen LogP contribution >= 0.6 is 11.3 Å². The largest absolute Gasteiger partial charge is 0.469 e. The number of hydrogen-bond acceptors (Lipinski definition) is 5. The van der Waals surface area contributed by atoms with Crippen molar-refractivity contribution in [2.24, 2.45) is 0 Å². The molecule has 7 heteroatoms. The molecule has 1 N–H and O–H groups in total. The van der Waals surface area contributed by atoms with Gasteiger partial charge in [-0.1, -0.05) is 11.3 Å². The standard InChI is InChI=1S/C11H12N4O2S/c16-11(13-10-14-12-7-18-10)15-4-1-2-9-8(6-15)3-5-17-9/h3,5,7H,1-2,4,6H2,(H,13,14,16). The molecule has 0 fully saturated rings. The highest BCUT2D eigenvalue weighted by atomic mass is 32.1. The number of rotatable bonds is 1. The molecule has 6 nitrogen and oxygen atoms in total. The molecule has 0 saturated heterocycles. The number of amides is 2. The third-order valence-corrected chi connectivity index (χ3v) is 3.50. The Kier molecular flexibility index (Phi) is 2.97. The molecule has 2 aromatic heterocycles. The first kappa shape index (κ1) is 11.2. The molecule has 0 unspecified atom stereocenters. The summed E-state index contributed by atoms with van der Waals surface area (Å²) in [6, 6.07) is 1.78. The average Bonchev–Trinajstić information content (AvgIpc) is 2.97. The summed E-state index contributed by atoms with van der Waals surface area (Å²) >= 11 is 1.31. The minimum absolute atomic E-state index is 0.138. The van der Waals surface area contributed by atoms with Crippen molar-refractivity contribution in [1.29, 1.82) is 0 Å². The maximum Gasteiger partial charge on any atom is 0.323 e. The van der Waals surface area contributed by atoms with Crippen molar-refractivity contribution < 1.29 is 9.21 Å². The first-order chi connectivity index (χ1) is 8.83. The van der Waals surface area contributed by atoms with Gasteiger partial charge in [0.05, 0.1) is 12.8 Å². The van der Waals surface area contributed by atoms with Crippen molar-refractivity contribution >= 4 is 22.5 Å². The van der Waals surface area contributed by atoms with Gasteiger partial charge in [0.1, 0.15) is 11.3 Å². The summed E-state index contributed by atoms with van der Waals surface area (Å²) in [5.41, 5.74) is 2.67. The number of aromatic nitrogens is 2. The number of nitrogens with one attached hydrogen (secondary N) is 1. The maximum atomic E-state index is 12.1. The van der Waals surface area contributed by atoms with Crippen LogP contribution in [0.2, 0.25) is 0 Å². The number of urea groups is 1. The Labute approximate surface area is 108 Å². The van der Waals surface area contributed by atoms with E-state index in [2.05, 4.69) is 15.5 Å². The van der Waals surface area contributed by atoms with E-state index in [1.165, 1.54) is 11.3 Å². The quantitative estimate of drug-likeness (QED) is 0.856. The molecule has 2 aromatic rings. The van der Waals surface area contributed by atoms with Gasteiger partial charge in [-0.25, -0.2) is 4.79 Å². The van der Waals surface area contributed by atoms with Crippen LogP contribution in [0, 0.1) is 0 Å². The summed E-state index contributed by atoms with van der Waals surface area (Å²) in [6.07, 6.45) is 3.46. The fraction of sp³-hybridized carbons (Fsp3) is 0.364. The van der Waals surface area contributed by atoms with Gasteiger partial charge in [-0.05, 0) is 12.5 Å². The van der Waals surface area contributed by atoms with Crippen LogP contribution in [0.1, 0.15) is 17.7 Å². The monoisotopic (exact) mass is 264 g/mol. The predicted octanol–water partition coefficient (Wildman–Crippen LogP) is 2.11. The molecule has 0 saturated carbocycles. The van der Waals surface area contributed by atoms with Crippen LogP contribution in [0.15, 0.2) is 22.3 Å². The van der Waals surface area contributed by atoms with Crippen LogP contribution in [0.5, 0.6) is 0 Å². The molecule has 1 aliphatic rings. The lowest BCUT2D eigenvalue weighted by Crippen LogP contribution is -2.34. The van der Waals surface area contributed by atoms with Crippen LogP contribution in [0.3, 0.4) is 0 Å². The van der Waals surface area contributed by atoms with Gasteiger partial charge in [0.15, 0.2) is 0 Å². The van der Waals surface area contributed by atoms with E-state index in [0.29, 0.717) is 11.7 Å². The molecule has 18 heavy (non-hydrogen) atoms. The molecule has 2 amide bonds. The maximum absolute atomic E-state index is 12.1. The van der Waals surface area contributed by atoms with Crippen LogP contribution in [0.25, 0.3) is 0 Å². The molecule has 94 valence electrons. The van der Waals surface area contributed by atoms with Gasteiger partial charge in [0.2, 0.25) is 5.13 Å². The van der Waals surface area contributed by atoms with Crippen LogP contribution in [0.4, 0.5) is 9.93 Å². The first-order valence-corrected chi connectivity index (χ1v) is 6.58. The normalized spacial score (nSPS) is 15.0. The van der Waals surface area contributed by atoms with E-state index < -0.39 is 0 Å². The third kappa shape index (κ3) is 2.21. The molecule has 3 rings (SSSR count). The fourth-order valence-electron chi connectivity index (χ4n) is 2.01. The second kappa shape index (κ2) is 4.77. The van der Waals surface area contributed by atoms with Crippen molar-refractivity contribution in [2.75, 3.05) is 11.9 Å². The number of carbonyl (C=O) groups excluding carboxylic acids is 1. The molecule has 0 aliphatic carbocycles. The Morgan fingerprint density at radius 1 is 1.56 bits per heavy atom. The second-order valence-electron chi connectivity index (χ2n) is 4.07. The Bertz CT molecular complexity index is 537. The minimum Gasteiger partial charge on any atom is -0.469 e. The minimum atomic E-state index is -0.138. The van der Waals surface area contributed by atoms with E-state index in [9.17, 15) is 4.79 Å². The van der Waals surface area contributed by atoms with Gasteiger partial charge in [0, 0.05) is 18.5 Å². The zero-order chi connectivity index (χ0) is 12.4. The van der Waals surface area contributed by atoms with E-state index in [1.54, 1.807) is 16.7 Å². The van der Waals surface area contributed by atoms with Crippen LogP contribution in [-0.4, -0.2) is 27.7 Å². The summed E-state index contributed by atoms with van der Waals surface area (Å²) in [4.78, 5) is 13.8. The highest BCUT2D eigenvalue weighted by Crippen LogP contribution is 2.20. The topological polar surface area (TPSA) is 71.3 Å². The van der Waals surface area contributed by atoms with Gasteiger partial charge < -0.3 is 9.32 Å². The van der Waals surface area contributed by atoms with Gasteiger partial charge in [-0.2, -0.15) is 0 Å². The highest BCUT2D eigenvalue weighted by molar-refractivity contribution is 7.13. The van der Waals surface area contributed by atoms with E-state index in [4.69, 9.17) is 4.42 Å². The number of carbonyl (C=O) groups is 1. The summed E-state index contributed by atoms with van der Waals surface area (Å²) in [6.45, 7) is 1.30. The lowest BCUT2D eigenvalue weighted by molar-refractivity contribution is 0.210. The van der Waals surface area contributed by atoms with Gasteiger partial charge in [-0.15, -0.1) is 10.2 Å². The molecule has 0 radical (unpaired) electrons. The van der Waals surface area contributed by atoms with Gasteiger partial charge in [0.25, 0.3) is 0 Å². The van der Waals surface area contributed by atoms with Crippen molar-refractivity contribution in [3.05, 3.63) is 29.2 Å². The van der Waals surface area contributed by atoms with Crippen molar-refractivity contribution in [3.8, 4) is 0 Å². The van der Waals surface area contributed by atoms with Crippen molar-refractivity contribution in [3.63, 3.8) is 0 Å². The van der Waals surface area contributed by atoms with Crippen molar-refractivity contribution in [2.45, 2.75) is 19.4 Å². The molecule has 0 atom stereocenters. The van der Waals surface area contributed by atoms with Crippen molar-refractivity contribution in [1.82, 2.24) is 15.1 Å². The lowest BCUT2D eigenvalue weighted by atomic mass is 10.2. The molecule has 0 spiro atoms. The Balaban J connectivity index is 1.71. The van der Waals surface area contributed by atoms with E-state index >= 15 is 0 Å². The van der Waals surface area contributed by atoms with E-state index in [1.807, 2.05) is 6.07 Å². The Hall–Kier alpha value is -1.89. The second-order valence-corrected chi connectivity index (χ2v) is 4.90. The predicted molar refractivity (Wildman–Crippen MR) is 66.4 cm³/mol. The lowest BCUT2D eigenvalue weighted by Gasteiger charge is -2.19. The molecule has 0 aromatic carbocycles. The molecular formula is C11H12N4O2S. The van der Waals surface area contributed by atoms with Crippen LogP contribution < -0.4 is 5.32 Å². The van der Waals surface area contributed by atoms with Gasteiger partial charge >= 0.3 is 6.03 Å². The first-order valence-electron chi connectivity index (χ1n) is 5.70. The number of furan rings is 1. The zero-order valence-corrected chi connectivity index (χ0v) is 10.4. The van der Waals surface area contributed by atoms with Crippen LogP contribution in [-0.2, 0) is 13.0 Å². The average molecular weight is 264 g/mol. The summed E-state index contributed by atoms with van der Waals surface area (Å²) in [7, 11) is 0. The molecule has 3 heterocycles. The number of anilines is 1. The summed E-state index contributed by atoms with van der Waals surface area (Å²) in [5.74, 6) is 0.987. The molecule has 1 aliphatic heterocycles. The number of fused-ring (bicyclic) bond motifs is 1. The van der Waals surface area contributed by atoms with Gasteiger partial charge in [-0.3, -0.25) is 5.32 Å². The smallest absolute Gasteiger partial charge is 0.323 e. The third-order valence-electron chi connectivity index (χ3n) is 2.89. The number of hydrogen-bond donors (Lipinski definition) is 1. The molecule has 0 bridgehead atoms.